The van der Waals surface area contributed by atoms with Gasteiger partial charge in [0.2, 0.25) is 0 Å². The Morgan fingerprint density at radius 3 is 2.30 bits per heavy atom. The van der Waals surface area contributed by atoms with Gasteiger partial charge in [-0.15, -0.1) is 0 Å². The number of furan rings is 2. The van der Waals surface area contributed by atoms with Crippen molar-refractivity contribution in [3.63, 3.8) is 0 Å². The van der Waals surface area contributed by atoms with Gasteiger partial charge in [0, 0.05) is 24.2 Å². The van der Waals surface area contributed by atoms with Gasteiger partial charge in [-0.25, -0.2) is 0 Å². The zero-order valence-corrected chi connectivity index (χ0v) is 5.48. The third-order valence-corrected chi connectivity index (χ3v) is 2.17. The summed E-state index contributed by atoms with van der Waals surface area (Å²) in [5.41, 5.74) is 4.88. The number of nitrogens with one attached hydrogen (secondary N) is 1. The lowest BCUT2D eigenvalue weighted by atomic mass is 10.1. The van der Waals surface area contributed by atoms with E-state index in [0.29, 0.717) is 0 Å². The van der Waals surface area contributed by atoms with Crippen molar-refractivity contribution in [2.24, 2.45) is 0 Å². The smallest absolute Gasteiger partial charge is 0.132 e. The molecule has 0 radical (unpaired) electrons. The summed E-state index contributed by atoms with van der Waals surface area (Å²) in [6, 6.07) is 4.09. The van der Waals surface area contributed by atoms with Crippen molar-refractivity contribution in [3.8, 4) is 0 Å². The first kappa shape index (κ1) is 4.74. The molecule has 0 aliphatic carbocycles. The van der Waals surface area contributed by atoms with E-state index in [1.54, 1.807) is 0 Å². The molecule has 1 N–H and O–H groups in total. The van der Waals surface area contributed by atoms with Gasteiger partial charge >= 0.3 is 0 Å². The van der Waals surface area contributed by atoms with E-state index in [1.165, 1.54) is 11.1 Å². The maximum atomic E-state index is 5.45. The zero-order valence-electron chi connectivity index (χ0n) is 5.48. The van der Waals surface area contributed by atoms with Gasteiger partial charge in [0.15, 0.2) is 0 Å². The van der Waals surface area contributed by atoms with Crippen molar-refractivity contribution in [1.29, 1.82) is 0 Å². The van der Waals surface area contributed by atoms with Gasteiger partial charge in [0.05, 0.1) is 0 Å². The molecule has 3 rings (SSSR count). The normalized spacial score (nSPS) is 16.8. The van der Waals surface area contributed by atoms with E-state index in [0.717, 1.165) is 24.3 Å². The van der Waals surface area contributed by atoms with Gasteiger partial charge in [-0.3, -0.25) is 0 Å². The van der Waals surface area contributed by atoms with Crippen molar-refractivity contribution < 1.29 is 4.42 Å². The predicted octanol–water partition coefficient (Wildman–Crippen LogP) is 1.47. The second kappa shape index (κ2) is 1.35. The van der Waals surface area contributed by atoms with Crippen LogP contribution in [0, 0.1) is 0 Å². The maximum absolute atomic E-state index is 5.45. The summed E-state index contributed by atoms with van der Waals surface area (Å²) in [7, 11) is 0. The van der Waals surface area contributed by atoms with Crippen LogP contribution in [0.15, 0.2) is 16.5 Å². The topological polar surface area (TPSA) is 25.2 Å². The minimum absolute atomic E-state index is 0.985. The van der Waals surface area contributed by atoms with E-state index in [9.17, 15) is 0 Å². The molecule has 0 saturated carbocycles. The fraction of sp³-hybridized carbons (Fsp3) is 0.250. The average molecular weight is 133 g/mol. The minimum atomic E-state index is 0.985. The number of hydrogen-bond donors (Lipinski definition) is 1. The SMILES string of the molecule is c1cc2oc1c1c2CNC1. The van der Waals surface area contributed by atoms with Gasteiger partial charge in [-0.2, -0.15) is 0 Å². The van der Waals surface area contributed by atoms with Crippen LogP contribution < -0.4 is 5.32 Å². The van der Waals surface area contributed by atoms with Crippen LogP contribution in [0.1, 0.15) is 11.1 Å². The van der Waals surface area contributed by atoms with Gasteiger partial charge < -0.3 is 9.73 Å². The highest BCUT2D eigenvalue weighted by atomic mass is 16.3. The van der Waals surface area contributed by atoms with E-state index in [1.807, 2.05) is 12.1 Å². The molecular formula is C8H7NO. The fourth-order valence-corrected chi connectivity index (χ4v) is 1.66. The molecule has 2 aromatic heterocycles. The highest BCUT2D eigenvalue weighted by molar-refractivity contribution is 5.72. The summed E-state index contributed by atoms with van der Waals surface area (Å²) >= 11 is 0. The molecule has 50 valence electrons. The van der Waals surface area contributed by atoms with Crippen LogP contribution in [0.5, 0.6) is 0 Å². The van der Waals surface area contributed by atoms with Crippen LogP contribution >= 0.6 is 0 Å². The Morgan fingerprint density at radius 2 is 1.70 bits per heavy atom. The first-order chi connectivity index (χ1) is 4.95. The van der Waals surface area contributed by atoms with E-state index >= 15 is 0 Å². The van der Waals surface area contributed by atoms with E-state index < -0.39 is 0 Å². The molecule has 0 fully saturated rings. The van der Waals surface area contributed by atoms with E-state index in [4.69, 9.17) is 4.42 Å². The Hall–Kier alpha value is -1.02. The molecule has 10 heavy (non-hydrogen) atoms. The Balaban J connectivity index is 2.51. The third-order valence-electron chi connectivity index (χ3n) is 2.17. The van der Waals surface area contributed by atoms with Gasteiger partial charge in [-0.1, -0.05) is 0 Å². The van der Waals surface area contributed by atoms with Gasteiger partial charge in [0.1, 0.15) is 11.2 Å². The molecule has 2 heteroatoms. The van der Waals surface area contributed by atoms with Crippen molar-refractivity contribution in [2.45, 2.75) is 13.1 Å². The lowest BCUT2D eigenvalue weighted by Gasteiger charge is -1.84. The summed E-state index contributed by atoms with van der Waals surface area (Å²) in [6.45, 7) is 1.97. The Bertz CT molecular complexity index is 330. The van der Waals surface area contributed by atoms with Crippen LogP contribution in [-0.2, 0) is 13.1 Å². The van der Waals surface area contributed by atoms with Crippen LogP contribution in [0.4, 0.5) is 0 Å². The number of benzene rings is 1. The van der Waals surface area contributed by atoms with Crippen molar-refractivity contribution >= 4 is 11.2 Å². The average Bonchev–Trinajstić information content (AvgIpc) is 2.60. The molecule has 1 aliphatic rings. The third kappa shape index (κ3) is 0.370. The molecule has 0 saturated heterocycles. The molecule has 0 amide bonds. The van der Waals surface area contributed by atoms with Crippen LogP contribution in [-0.4, -0.2) is 0 Å². The van der Waals surface area contributed by atoms with Crippen molar-refractivity contribution in [1.82, 2.24) is 5.32 Å². The molecule has 1 aliphatic heterocycles. The second-order valence-corrected chi connectivity index (χ2v) is 2.72. The fourth-order valence-electron chi connectivity index (χ4n) is 1.66. The highest BCUT2D eigenvalue weighted by Crippen LogP contribution is 2.31. The molecule has 2 nitrogen and oxygen atoms in total. The molecule has 3 heterocycles. The van der Waals surface area contributed by atoms with Crippen LogP contribution in [0.3, 0.4) is 0 Å². The summed E-state index contributed by atoms with van der Waals surface area (Å²) < 4.78 is 5.45. The lowest BCUT2D eigenvalue weighted by Crippen LogP contribution is -2.00. The molecule has 2 aromatic rings. The van der Waals surface area contributed by atoms with Crippen LogP contribution in [0.25, 0.3) is 11.2 Å². The largest absolute Gasteiger partial charge is 0.457 e. The first-order valence-electron chi connectivity index (χ1n) is 3.48. The molecule has 0 atom stereocenters. The van der Waals surface area contributed by atoms with Crippen LogP contribution in [0.2, 0.25) is 0 Å². The Labute approximate surface area is 58.2 Å². The van der Waals surface area contributed by atoms with Crippen molar-refractivity contribution in [3.05, 3.63) is 23.3 Å². The quantitative estimate of drug-likeness (QED) is 0.588. The minimum Gasteiger partial charge on any atom is -0.457 e. The molecule has 0 unspecified atom stereocenters. The van der Waals surface area contributed by atoms with Crippen molar-refractivity contribution in [2.75, 3.05) is 0 Å². The van der Waals surface area contributed by atoms with Gasteiger partial charge in [0.25, 0.3) is 0 Å². The molecule has 0 aromatic carbocycles. The molecule has 2 bridgehead atoms. The summed E-state index contributed by atoms with van der Waals surface area (Å²) in [4.78, 5) is 0. The monoisotopic (exact) mass is 133 g/mol. The number of fused-ring (bicyclic) bond motifs is 5. The van der Waals surface area contributed by atoms with E-state index in [2.05, 4.69) is 5.32 Å². The highest BCUT2D eigenvalue weighted by Gasteiger charge is 2.19. The number of hydrogen-bond acceptors (Lipinski definition) is 2. The second-order valence-electron chi connectivity index (χ2n) is 2.72. The molecule has 0 spiro atoms. The summed E-state index contributed by atoms with van der Waals surface area (Å²) in [5, 5.41) is 3.29. The first-order valence-corrected chi connectivity index (χ1v) is 3.48. The maximum Gasteiger partial charge on any atom is 0.132 e. The number of rotatable bonds is 0. The van der Waals surface area contributed by atoms with E-state index in [-0.39, 0.29) is 0 Å². The van der Waals surface area contributed by atoms with Gasteiger partial charge in [-0.05, 0) is 12.1 Å². The zero-order chi connectivity index (χ0) is 6.55. The summed E-state index contributed by atoms with van der Waals surface area (Å²) in [6.07, 6.45) is 0. The summed E-state index contributed by atoms with van der Waals surface area (Å²) in [5.74, 6) is 0. The Kier molecular flexibility index (Phi) is 0.640. The molecular weight excluding hydrogens is 126 g/mol. The standard InChI is InChI=1S/C8H7NO/c1-2-8-6-4-9-3-5(6)7(1)10-8/h1-2,9H,3-4H2. The lowest BCUT2D eigenvalue weighted by molar-refractivity contribution is 0.653. The predicted molar refractivity (Wildman–Crippen MR) is 37.9 cm³/mol. The Morgan fingerprint density at radius 1 is 1.10 bits per heavy atom.